The van der Waals surface area contributed by atoms with Crippen LogP contribution in [-0.2, 0) is 9.47 Å². The predicted octanol–water partition coefficient (Wildman–Crippen LogP) is 1.15. The van der Waals surface area contributed by atoms with Crippen molar-refractivity contribution in [2.75, 3.05) is 39.5 Å². The lowest BCUT2D eigenvalue weighted by atomic mass is 10.2. The van der Waals surface area contributed by atoms with Crippen molar-refractivity contribution in [1.29, 1.82) is 0 Å². The average Bonchev–Trinajstić information content (AvgIpc) is 2.88. The molecule has 0 radical (unpaired) electrons. The van der Waals surface area contributed by atoms with Gasteiger partial charge in [0.1, 0.15) is 0 Å². The maximum atomic E-state index is 5.56. The molecule has 1 unspecified atom stereocenters. The summed E-state index contributed by atoms with van der Waals surface area (Å²) in [5.41, 5.74) is 0. The van der Waals surface area contributed by atoms with Gasteiger partial charge in [0.25, 0.3) is 0 Å². The lowest BCUT2D eigenvalue weighted by Gasteiger charge is -2.12. The fraction of sp³-hybridized carbons (Fsp3) is 0.923. The Balaban J connectivity index is 2.17. The van der Waals surface area contributed by atoms with Crippen molar-refractivity contribution in [1.82, 2.24) is 10.6 Å². The SMILES string of the molecule is CCNC(=NCC1CCCO1)NCCCOCC. The molecule has 1 rings (SSSR count). The number of aliphatic imine (C=N–C) groups is 1. The van der Waals surface area contributed by atoms with E-state index in [1.54, 1.807) is 0 Å². The monoisotopic (exact) mass is 257 g/mol. The lowest BCUT2D eigenvalue weighted by Crippen LogP contribution is -2.38. The topological polar surface area (TPSA) is 54.9 Å². The third kappa shape index (κ3) is 6.81. The summed E-state index contributed by atoms with van der Waals surface area (Å²) < 4.78 is 10.9. The largest absolute Gasteiger partial charge is 0.382 e. The second kappa shape index (κ2) is 10.1. The van der Waals surface area contributed by atoms with Crippen molar-refractivity contribution in [3.05, 3.63) is 0 Å². The highest BCUT2D eigenvalue weighted by Gasteiger charge is 2.14. The average molecular weight is 257 g/mol. The summed E-state index contributed by atoms with van der Waals surface area (Å²) in [7, 11) is 0. The highest BCUT2D eigenvalue weighted by atomic mass is 16.5. The van der Waals surface area contributed by atoms with Crippen molar-refractivity contribution >= 4 is 5.96 Å². The van der Waals surface area contributed by atoms with E-state index in [1.165, 1.54) is 6.42 Å². The fourth-order valence-electron chi connectivity index (χ4n) is 1.85. The summed E-state index contributed by atoms with van der Waals surface area (Å²) in [4.78, 5) is 4.54. The Kier molecular flexibility index (Phi) is 8.59. The molecule has 18 heavy (non-hydrogen) atoms. The van der Waals surface area contributed by atoms with E-state index in [9.17, 15) is 0 Å². The summed E-state index contributed by atoms with van der Waals surface area (Å²) in [6.45, 7) is 9.07. The van der Waals surface area contributed by atoms with Crippen LogP contribution < -0.4 is 10.6 Å². The maximum Gasteiger partial charge on any atom is 0.191 e. The zero-order chi connectivity index (χ0) is 13.1. The van der Waals surface area contributed by atoms with Crippen LogP contribution in [0, 0.1) is 0 Å². The zero-order valence-corrected chi connectivity index (χ0v) is 11.7. The predicted molar refractivity (Wildman–Crippen MR) is 74.1 cm³/mol. The minimum atomic E-state index is 0.309. The van der Waals surface area contributed by atoms with Gasteiger partial charge in [0.15, 0.2) is 5.96 Å². The van der Waals surface area contributed by atoms with Gasteiger partial charge in [0.2, 0.25) is 0 Å². The molecule has 1 aliphatic rings. The smallest absolute Gasteiger partial charge is 0.191 e. The number of hydrogen-bond donors (Lipinski definition) is 2. The molecule has 1 atom stereocenters. The maximum absolute atomic E-state index is 5.56. The van der Waals surface area contributed by atoms with Crippen molar-refractivity contribution in [3.8, 4) is 0 Å². The Morgan fingerprint density at radius 1 is 1.39 bits per heavy atom. The van der Waals surface area contributed by atoms with E-state index in [-0.39, 0.29) is 0 Å². The van der Waals surface area contributed by atoms with Gasteiger partial charge in [-0.25, -0.2) is 0 Å². The van der Waals surface area contributed by atoms with Crippen molar-refractivity contribution in [2.45, 2.75) is 39.2 Å². The van der Waals surface area contributed by atoms with E-state index in [0.717, 1.165) is 58.3 Å². The van der Waals surface area contributed by atoms with Crippen LogP contribution in [0.3, 0.4) is 0 Å². The Labute approximate surface area is 110 Å². The van der Waals surface area contributed by atoms with Crippen LogP contribution in [0.2, 0.25) is 0 Å². The molecule has 0 bridgehead atoms. The van der Waals surface area contributed by atoms with Crippen LogP contribution in [-0.4, -0.2) is 51.5 Å². The molecule has 5 heteroatoms. The third-order valence-corrected chi connectivity index (χ3v) is 2.78. The number of ether oxygens (including phenoxy) is 2. The van der Waals surface area contributed by atoms with E-state index >= 15 is 0 Å². The molecule has 5 nitrogen and oxygen atoms in total. The van der Waals surface area contributed by atoms with Crippen molar-refractivity contribution in [2.24, 2.45) is 4.99 Å². The summed E-state index contributed by atoms with van der Waals surface area (Å²) in [6, 6.07) is 0. The number of guanidine groups is 1. The summed E-state index contributed by atoms with van der Waals surface area (Å²) in [6.07, 6.45) is 3.60. The Morgan fingerprint density at radius 2 is 2.28 bits per heavy atom. The molecule has 1 heterocycles. The molecule has 0 spiro atoms. The molecule has 0 amide bonds. The van der Waals surface area contributed by atoms with Gasteiger partial charge in [0.05, 0.1) is 12.6 Å². The second-order valence-corrected chi connectivity index (χ2v) is 4.33. The standard InChI is InChI=1S/C13H27N3O2/c1-3-14-13(15-8-6-9-17-4-2)16-11-12-7-5-10-18-12/h12H,3-11H2,1-2H3,(H2,14,15,16). The van der Waals surface area contributed by atoms with Crippen molar-refractivity contribution in [3.63, 3.8) is 0 Å². The molecule has 0 aromatic carbocycles. The number of hydrogen-bond acceptors (Lipinski definition) is 3. The van der Waals surface area contributed by atoms with Gasteiger partial charge in [-0.3, -0.25) is 4.99 Å². The van der Waals surface area contributed by atoms with Crippen LogP contribution in [0.4, 0.5) is 0 Å². The summed E-state index contributed by atoms with van der Waals surface area (Å²) >= 11 is 0. The Morgan fingerprint density at radius 3 is 2.94 bits per heavy atom. The van der Waals surface area contributed by atoms with Gasteiger partial charge in [-0.1, -0.05) is 0 Å². The molecule has 106 valence electrons. The highest BCUT2D eigenvalue weighted by molar-refractivity contribution is 5.79. The van der Waals surface area contributed by atoms with Gasteiger partial charge in [-0.05, 0) is 33.1 Å². The van der Waals surface area contributed by atoms with Gasteiger partial charge in [-0.2, -0.15) is 0 Å². The first-order chi connectivity index (χ1) is 8.86. The van der Waals surface area contributed by atoms with Crippen LogP contribution >= 0.6 is 0 Å². The summed E-state index contributed by atoms with van der Waals surface area (Å²) in [5, 5.41) is 6.55. The highest BCUT2D eigenvalue weighted by Crippen LogP contribution is 2.11. The zero-order valence-electron chi connectivity index (χ0n) is 11.7. The van der Waals surface area contributed by atoms with Gasteiger partial charge < -0.3 is 20.1 Å². The van der Waals surface area contributed by atoms with E-state index in [1.807, 2.05) is 6.92 Å². The van der Waals surface area contributed by atoms with Crippen LogP contribution in [0.15, 0.2) is 4.99 Å². The number of nitrogens with one attached hydrogen (secondary N) is 2. The summed E-state index contributed by atoms with van der Waals surface area (Å²) in [5.74, 6) is 0.879. The number of rotatable bonds is 8. The molecule has 1 saturated heterocycles. The van der Waals surface area contributed by atoms with Crippen LogP contribution in [0.25, 0.3) is 0 Å². The number of nitrogens with zero attached hydrogens (tertiary/aromatic N) is 1. The van der Waals surface area contributed by atoms with E-state index < -0.39 is 0 Å². The minimum Gasteiger partial charge on any atom is -0.382 e. The first-order valence-corrected chi connectivity index (χ1v) is 7.08. The molecule has 0 aromatic heterocycles. The Bertz CT molecular complexity index is 228. The van der Waals surface area contributed by atoms with Gasteiger partial charge >= 0.3 is 0 Å². The first kappa shape index (κ1) is 15.2. The van der Waals surface area contributed by atoms with Crippen LogP contribution in [0.5, 0.6) is 0 Å². The first-order valence-electron chi connectivity index (χ1n) is 7.08. The van der Waals surface area contributed by atoms with Gasteiger partial charge in [0, 0.05) is 32.9 Å². The molecule has 0 aromatic rings. The molecule has 1 aliphatic heterocycles. The van der Waals surface area contributed by atoms with Gasteiger partial charge in [-0.15, -0.1) is 0 Å². The fourth-order valence-corrected chi connectivity index (χ4v) is 1.85. The normalized spacial score (nSPS) is 20.1. The van der Waals surface area contributed by atoms with E-state index in [2.05, 4.69) is 22.5 Å². The third-order valence-electron chi connectivity index (χ3n) is 2.78. The molecule has 1 fully saturated rings. The Hall–Kier alpha value is -0.810. The van der Waals surface area contributed by atoms with E-state index in [4.69, 9.17) is 9.47 Å². The lowest BCUT2D eigenvalue weighted by molar-refractivity contribution is 0.117. The quantitative estimate of drug-likeness (QED) is 0.389. The van der Waals surface area contributed by atoms with Crippen LogP contribution in [0.1, 0.15) is 33.1 Å². The second-order valence-electron chi connectivity index (χ2n) is 4.33. The van der Waals surface area contributed by atoms with E-state index in [0.29, 0.717) is 6.10 Å². The van der Waals surface area contributed by atoms with Crippen molar-refractivity contribution < 1.29 is 9.47 Å². The molecule has 2 N–H and O–H groups in total. The molecular weight excluding hydrogens is 230 g/mol. The molecular formula is C13H27N3O2. The minimum absolute atomic E-state index is 0.309. The molecule has 0 saturated carbocycles. The molecule has 0 aliphatic carbocycles.